The maximum Gasteiger partial charge on any atom is 0.264 e. The summed E-state index contributed by atoms with van der Waals surface area (Å²) in [6, 6.07) is 3.33. The van der Waals surface area contributed by atoms with E-state index in [9.17, 15) is 14.4 Å². The van der Waals surface area contributed by atoms with E-state index in [2.05, 4.69) is 0 Å². The summed E-state index contributed by atoms with van der Waals surface area (Å²) >= 11 is 1.42. The monoisotopic (exact) mass is 361 g/mol. The summed E-state index contributed by atoms with van der Waals surface area (Å²) in [5, 5.41) is 1.89. The zero-order valence-electron chi connectivity index (χ0n) is 14.2. The molecule has 0 aromatic carbocycles. The van der Waals surface area contributed by atoms with Crippen LogP contribution in [-0.4, -0.2) is 71.2 Å². The van der Waals surface area contributed by atoms with Crippen LogP contribution in [0.4, 0.5) is 0 Å². The molecule has 0 bridgehead atoms. The largest absolute Gasteiger partial charge is 0.339 e. The zero-order chi connectivity index (χ0) is 17.4. The second-order valence-electron chi connectivity index (χ2n) is 7.06. The molecule has 0 radical (unpaired) electrons. The first-order valence-electron chi connectivity index (χ1n) is 9.07. The fourth-order valence-electron chi connectivity index (χ4n) is 3.75. The van der Waals surface area contributed by atoms with E-state index in [1.807, 2.05) is 27.3 Å². The molecule has 1 atom stereocenters. The number of rotatable bonds is 3. The zero-order valence-corrected chi connectivity index (χ0v) is 15.0. The molecular formula is C18H23N3O3S. The Morgan fingerprint density at radius 2 is 1.60 bits per heavy atom. The molecule has 1 aromatic heterocycles. The normalized spacial score (nSPS) is 23.8. The highest BCUT2D eigenvalue weighted by atomic mass is 32.1. The first kappa shape index (κ1) is 16.6. The van der Waals surface area contributed by atoms with Gasteiger partial charge in [-0.05, 0) is 37.1 Å². The SMILES string of the molecule is O=C(C1CC1)N1CCN(C(=O)[C@@H]2CCCN2C(=O)c2cccs2)CC1. The van der Waals surface area contributed by atoms with E-state index >= 15 is 0 Å². The summed E-state index contributed by atoms with van der Waals surface area (Å²) in [6.07, 6.45) is 3.63. The lowest BCUT2D eigenvalue weighted by molar-refractivity contribution is -0.142. The molecule has 3 heterocycles. The van der Waals surface area contributed by atoms with Gasteiger partial charge in [-0.15, -0.1) is 11.3 Å². The van der Waals surface area contributed by atoms with E-state index in [1.165, 1.54) is 11.3 Å². The van der Waals surface area contributed by atoms with Gasteiger partial charge in [-0.2, -0.15) is 0 Å². The van der Waals surface area contributed by atoms with Crippen molar-refractivity contribution in [3.8, 4) is 0 Å². The summed E-state index contributed by atoms with van der Waals surface area (Å²) in [4.78, 5) is 43.9. The first-order valence-corrected chi connectivity index (χ1v) is 9.95. The number of likely N-dealkylation sites (tertiary alicyclic amines) is 1. The Hall–Kier alpha value is -1.89. The molecule has 7 heteroatoms. The number of carbonyl (C=O) groups is 3. The van der Waals surface area contributed by atoms with E-state index in [-0.39, 0.29) is 29.7 Å². The third-order valence-electron chi connectivity index (χ3n) is 5.36. The number of nitrogens with zero attached hydrogens (tertiary/aromatic N) is 3. The minimum Gasteiger partial charge on any atom is -0.339 e. The van der Waals surface area contributed by atoms with Crippen molar-refractivity contribution in [1.29, 1.82) is 0 Å². The van der Waals surface area contributed by atoms with Crippen LogP contribution in [0.25, 0.3) is 0 Å². The van der Waals surface area contributed by atoms with E-state index in [4.69, 9.17) is 0 Å². The standard InChI is InChI=1S/C18H23N3O3S/c22-16(13-5-6-13)19-8-10-20(11-9-19)17(23)14-3-1-7-21(14)18(24)15-4-2-12-25-15/h2,4,12-14H,1,3,5-11H2/t14-/m0/s1. The smallest absolute Gasteiger partial charge is 0.264 e. The van der Waals surface area contributed by atoms with Gasteiger partial charge < -0.3 is 14.7 Å². The Kier molecular flexibility index (Phi) is 4.50. The lowest BCUT2D eigenvalue weighted by Gasteiger charge is -2.37. The highest BCUT2D eigenvalue weighted by Crippen LogP contribution is 2.31. The molecule has 3 amide bonds. The van der Waals surface area contributed by atoms with Crippen molar-refractivity contribution in [1.82, 2.24) is 14.7 Å². The summed E-state index contributed by atoms with van der Waals surface area (Å²) < 4.78 is 0. The van der Waals surface area contributed by atoms with Crippen LogP contribution in [0.5, 0.6) is 0 Å². The highest BCUT2D eigenvalue weighted by molar-refractivity contribution is 7.12. The predicted molar refractivity (Wildman–Crippen MR) is 94.3 cm³/mol. The first-order chi connectivity index (χ1) is 12.1. The van der Waals surface area contributed by atoms with Crippen molar-refractivity contribution < 1.29 is 14.4 Å². The van der Waals surface area contributed by atoms with Gasteiger partial charge in [-0.3, -0.25) is 14.4 Å². The number of amides is 3. The highest BCUT2D eigenvalue weighted by Gasteiger charge is 2.39. The van der Waals surface area contributed by atoms with Crippen LogP contribution in [0.2, 0.25) is 0 Å². The quantitative estimate of drug-likeness (QED) is 0.818. The van der Waals surface area contributed by atoms with Crippen molar-refractivity contribution in [2.24, 2.45) is 5.92 Å². The molecule has 1 aliphatic carbocycles. The second kappa shape index (κ2) is 6.78. The molecule has 3 aliphatic rings. The molecule has 0 spiro atoms. The van der Waals surface area contributed by atoms with Crippen molar-refractivity contribution >= 4 is 29.1 Å². The van der Waals surface area contributed by atoms with Gasteiger partial charge >= 0.3 is 0 Å². The third kappa shape index (κ3) is 3.29. The van der Waals surface area contributed by atoms with Crippen LogP contribution >= 0.6 is 11.3 Å². The van der Waals surface area contributed by atoms with Gasteiger partial charge in [0.05, 0.1) is 4.88 Å². The third-order valence-corrected chi connectivity index (χ3v) is 6.22. The summed E-state index contributed by atoms with van der Waals surface area (Å²) in [5.41, 5.74) is 0. The van der Waals surface area contributed by atoms with E-state index < -0.39 is 0 Å². The summed E-state index contributed by atoms with van der Waals surface area (Å²) in [5.74, 6) is 0.493. The minimum atomic E-state index is -0.347. The lowest BCUT2D eigenvalue weighted by atomic mass is 10.1. The van der Waals surface area contributed by atoms with E-state index in [0.717, 1.165) is 25.7 Å². The van der Waals surface area contributed by atoms with Crippen LogP contribution in [-0.2, 0) is 9.59 Å². The molecule has 3 fully saturated rings. The van der Waals surface area contributed by atoms with Gasteiger partial charge in [-0.25, -0.2) is 0 Å². The molecule has 2 aliphatic heterocycles. The van der Waals surface area contributed by atoms with Gasteiger partial charge in [-0.1, -0.05) is 6.07 Å². The average Bonchev–Trinajstić information content (AvgIpc) is 3.14. The Morgan fingerprint density at radius 1 is 0.920 bits per heavy atom. The van der Waals surface area contributed by atoms with Crippen LogP contribution in [0.15, 0.2) is 17.5 Å². The maximum atomic E-state index is 12.9. The van der Waals surface area contributed by atoms with E-state index in [1.54, 1.807) is 4.90 Å². The Morgan fingerprint density at radius 3 is 2.20 bits per heavy atom. The average molecular weight is 361 g/mol. The lowest BCUT2D eigenvalue weighted by Crippen LogP contribution is -2.55. The molecule has 2 saturated heterocycles. The number of hydrogen-bond donors (Lipinski definition) is 0. The van der Waals surface area contributed by atoms with Gasteiger partial charge in [0.1, 0.15) is 6.04 Å². The van der Waals surface area contributed by atoms with Gasteiger partial charge in [0.15, 0.2) is 0 Å². The molecule has 4 rings (SSSR count). The topological polar surface area (TPSA) is 60.9 Å². The van der Waals surface area contributed by atoms with Crippen LogP contribution in [0.1, 0.15) is 35.4 Å². The molecule has 0 unspecified atom stereocenters. The number of piperazine rings is 1. The molecule has 1 saturated carbocycles. The molecule has 134 valence electrons. The summed E-state index contributed by atoms with van der Waals surface area (Å²) in [6.45, 7) is 3.04. The minimum absolute atomic E-state index is 0.0339. The van der Waals surface area contributed by atoms with Crippen LogP contribution in [0, 0.1) is 5.92 Å². The maximum absolute atomic E-state index is 12.9. The summed E-state index contributed by atoms with van der Waals surface area (Å²) in [7, 11) is 0. The molecular weight excluding hydrogens is 338 g/mol. The number of carbonyl (C=O) groups excluding carboxylic acids is 3. The molecule has 6 nitrogen and oxygen atoms in total. The van der Waals surface area contributed by atoms with Crippen molar-refractivity contribution in [2.75, 3.05) is 32.7 Å². The Bertz CT molecular complexity index is 663. The number of hydrogen-bond acceptors (Lipinski definition) is 4. The van der Waals surface area contributed by atoms with Crippen molar-refractivity contribution in [2.45, 2.75) is 31.7 Å². The van der Waals surface area contributed by atoms with Gasteiger partial charge in [0.25, 0.3) is 5.91 Å². The second-order valence-corrected chi connectivity index (χ2v) is 8.01. The van der Waals surface area contributed by atoms with Crippen molar-refractivity contribution in [3.05, 3.63) is 22.4 Å². The Balaban J connectivity index is 1.37. The van der Waals surface area contributed by atoms with Gasteiger partial charge in [0, 0.05) is 38.6 Å². The Labute approximate surface area is 151 Å². The van der Waals surface area contributed by atoms with E-state index in [0.29, 0.717) is 37.6 Å². The fourth-order valence-corrected chi connectivity index (χ4v) is 4.43. The molecule has 25 heavy (non-hydrogen) atoms. The van der Waals surface area contributed by atoms with Crippen LogP contribution < -0.4 is 0 Å². The number of thiophene rings is 1. The van der Waals surface area contributed by atoms with Crippen molar-refractivity contribution in [3.63, 3.8) is 0 Å². The predicted octanol–water partition coefficient (Wildman–Crippen LogP) is 1.43. The molecule has 0 N–H and O–H groups in total. The molecule has 1 aromatic rings. The van der Waals surface area contributed by atoms with Gasteiger partial charge in [0.2, 0.25) is 11.8 Å². The van der Waals surface area contributed by atoms with Crippen LogP contribution in [0.3, 0.4) is 0 Å². The fraction of sp³-hybridized carbons (Fsp3) is 0.611.